The molecule has 1 aromatic carbocycles. The monoisotopic (exact) mass is 172 g/mol. The average molecular weight is 172 g/mol. The van der Waals surface area contributed by atoms with E-state index >= 15 is 0 Å². The summed E-state index contributed by atoms with van der Waals surface area (Å²) in [5.74, 6) is -0.294. The molecule has 0 aromatic heterocycles. The minimum Gasteiger partial charge on any atom is -0.392 e. The molecular formula is C8H10FOP. The van der Waals surface area contributed by atoms with Crippen LogP contribution in [0.4, 0.5) is 4.39 Å². The second-order valence-electron chi connectivity index (χ2n) is 2.45. The van der Waals surface area contributed by atoms with Crippen LogP contribution in [-0.4, -0.2) is 5.11 Å². The van der Waals surface area contributed by atoms with Gasteiger partial charge in [0.2, 0.25) is 0 Å². The zero-order valence-electron chi connectivity index (χ0n) is 6.26. The molecule has 1 unspecified atom stereocenters. The molecule has 11 heavy (non-hydrogen) atoms. The molecule has 1 rings (SSSR count). The molecule has 1 N–H and O–H groups in total. The van der Waals surface area contributed by atoms with E-state index in [1.54, 1.807) is 0 Å². The van der Waals surface area contributed by atoms with Gasteiger partial charge in [0, 0.05) is 0 Å². The highest BCUT2D eigenvalue weighted by Crippen LogP contribution is 2.08. The third kappa shape index (κ3) is 1.76. The third-order valence-corrected chi connectivity index (χ3v) is 2.43. The van der Waals surface area contributed by atoms with Gasteiger partial charge in [-0.15, -0.1) is 9.24 Å². The number of benzene rings is 1. The van der Waals surface area contributed by atoms with Crippen molar-refractivity contribution in [1.29, 1.82) is 0 Å². The molecule has 1 atom stereocenters. The van der Waals surface area contributed by atoms with Gasteiger partial charge in [0.1, 0.15) is 5.82 Å². The molecule has 0 radical (unpaired) electrons. The summed E-state index contributed by atoms with van der Waals surface area (Å²) in [7, 11) is 2.49. The molecule has 60 valence electrons. The Labute approximate surface area is 67.5 Å². The molecule has 0 aliphatic rings. The molecule has 0 saturated heterocycles. The van der Waals surface area contributed by atoms with Gasteiger partial charge in [0.05, 0.1) is 6.61 Å². The summed E-state index contributed by atoms with van der Waals surface area (Å²) in [6, 6.07) is 2.79. The van der Waals surface area contributed by atoms with E-state index in [0.29, 0.717) is 5.56 Å². The van der Waals surface area contributed by atoms with Crippen molar-refractivity contribution in [2.75, 3.05) is 0 Å². The molecule has 0 spiro atoms. The number of aliphatic hydroxyl groups is 1. The molecular weight excluding hydrogens is 162 g/mol. The van der Waals surface area contributed by atoms with Crippen LogP contribution in [0.1, 0.15) is 11.1 Å². The fourth-order valence-electron chi connectivity index (χ4n) is 0.955. The van der Waals surface area contributed by atoms with Crippen molar-refractivity contribution < 1.29 is 9.50 Å². The molecule has 1 nitrogen and oxygen atoms in total. The summed E-state index contributed by atoms with van der Waals surface area (Å²) in [5.41, 5.74) is 1.48. The second-order valence-corrected chi connectivity index (χ2v) is 3.03. The molecule has 0 amide bonds. The van der Waals surface area contributed by atoms with E-state index in [0.717, 1.165) is 10.9 Å². The van der Waals surface area contributed by atoms with Gasteiger partial charge in [-0.2, -0.15) is 0 Å². The number of halogens is 1. The first-order chi connectivity index (χ1) is 5.15. The lowest BCUT2D eigenvalue weighted by Crippen LogP contribution is -2.06. The molecule has 0 bridgehead atoms. The van der Waals surface area contributed by atoms with E-state index in [9.17, 15) is 4.39 Å². The maximum absolute atomic E-state index is 12.7. The van der Waals surface area contributed by atoms with Crippen molar-refractivity contribution in [2.45, 2.75) is 13.5 Å². The normalized spacial score (nSPS) is 10.2. The van der Waals surface area contributed by atoms with Crippen LogP contribution >= 0.6 is 9.24 Å². The topological polar surface area (TPSA) is 20.2 Å². The van der Waals surface area contributed by atoms with Gasteiger partial charge in [-0.1, -0.05) is 0 Å². The summed E-state index contributed by atoms with van der Waals surface area (Å²) < 4.78 is 12.7. The number of aryl methyl sites for hydroxylation is 1. The zero-order chi connectivity index (χ0) is 8.43. The Bertz CT molecular complexity index is 273. The highest BCUT2D eigenvalue weighted by atomic mass is 31.0. The number of hydrogen-bond acceptors (Lipinski definition) is 1. The van der Waals surface area contributed by atoms with Gasteiger partial charge in [-0.05, 0) is 35.5 Å². The lowest BCUT2D eigenvalue weighted by molar-refractivity contribution is 0.282. The van der Waals surface area contributed by atoms with Crippen molar-refractivity contribution in [3.05, 3.63) is 29.1 Å². The largest absolute Gasteiger partial charge is 0.392 e. The Morgan fingerprint density at radius 2 is 2.18 bits per heavy atom. The molecule has 1 aromatic rings. The average Bonchev–Trinajstić information content (AvgIpc) is 1.96. The molecule has 0 fully saturated rings. The fraction of sp³-hybridized carbons (Fsp3) is 0.250. The maximum Gasteiger partial charge on any atom is 0.123 e. The van der Waals surface area contributed by atoms with Gasteiger partial charge >= 0.3 is 0 Å². The number of hydrogen-bond donors (Lipinski definition) is 1. The van der Waals surface area contributed by atoms with Crippen molar-refractivity contribution in [3.63, 3.8) is 0 Å². The van der Waals surface area contributed by atoms with E-state index < -0.39 is 0 Å². The molecule has 0 saturated carbocycles. The van der Waals surface area contributed by atoms with E-state index in [4.69, 9.17) is 5.11 Å². The van der Waals surface area contributed by atoms with Crippen molar-refractivity contribution in [3.8, 4) is 0 Å². The van der Waals surface area contributed by atoms with Crippen LogP contribution in [0.5, 0.6) is 0 Å². The summed E-state index contributed by atoms with van der Waals surface area (Å²) in [6.45, 7) is 1.70. The van der Waals surface area contributed by atoms with Crippen molar-refractivity contribution in [1.82, 2.24) is 0 Å². The molecule has 3 heteroatoms. The van der Waals surface area contributed by atoms with Crippen molar-refractivity contribution >= 4 is 14.5 Å². The van der Waals surface area contributed by atoms with E-state index in [-0.39, 0.29) is 12.4 Å². The SMILES string of the molecule is Cc1cc(F)cc(CO)c1P. The summed E-state index contributed by atoms with van der Waals surface area (Å²) in [6.07, 6.45) is 0. The lowest BCUT2D eigenvalue weighted by atomic mass is 10.1. The van der Waals surface area contributed by atoms with Crippen molar-refractivity contribution in [2.24, 2.45) is 0 Å². The van der Waals surface area contributed by atoms with E-state index in [1.165, 1.54) is 12.1 Å². The summed E-state index contributed by atoms with van der Waals surface area (Å²) in [4.78, 5) is 0. The Hall–Kier alpha value is -0.460. The first kappa shape index (κ1) is 8.63. The van der Waals surface area contributed by atoms with Crippen LogP contribution < -0.4 is 5.30 Å². The fourth-order valence-corrected chi connectivity index (χ4v) is 1.21. The van der Waals surface area contributed by atoms with Crippen LogP contribution in [0.15, 0.2) is 12.1 Å². The standard InChI is InChI=1S/C8H10FOP/c1-5-2-7(9)3-6(4-10)8(5)11/h2-3,10H,4,11H2,1H3. The quantitative estimate of drug-likeness (QED) is 0.629. The van der Waals surface area contributed by atoms with Crippen LogP contribution in [0, 0.1) is 12.7 Å². The smallest absolute Gasteiger partial charge is 0.123 e. The van der Waals surface area contributed by atoms with Gasteiger partial charge in [0.15, 0.2) is 0 Å². The van der Waals surface area contributed by atoms with E-state index in [2.05, 4.69) is 9.24 Å². The molecule has 0 heterocycles. The Morgan fingerprint density at radius 1 is 1.55 bits per heavy atom. The van der Waals surface area contributed by atoms with Crippen LogP contribution in [0.2, 0.25) is 0 Å². The first-order valence-corrected chi connectivity index (χ1v) is 3.88. The van der Waals surface area contributed by atoms with Crippen LogP contribution in [-0.2, 0) is 6.61 Å². The summed E-state index contributed by atoms with van der Waals surface area (Å²) in [5, 5.41) is 9.67. The van der Waals surface area contributed by atoms with E-state index in [1.807, 2.05) is 6.92 Å². The predicted octanol–water partition coefficient (Wildman–Crippen LogP) is 1.13. The maximum atomic E-state index is 12.7. The Kier molecular flexibility index (Phi) is 2.58. The van der Waals surface area contributed by atoms with Crippen LogP contribution in [0.3, 0.4) is 0 Å². The Morgan fingerprint density at radius 3 is 2.73 bits per heavy atom. The highest BCUT2D eigenvalue weighted by molar-refractivity contribution is 7.27. The number of rotatable bonds is 1. The van der Waals surface area contributed by atoms with Gasteiger partial charge < -0.3 is 5.11 Å². The second kappa shape index (κ2) is 3.29. The van der Waals surface area contributed by atoms with Crippen LogP contribution in [0.25, 0.3) is 0 Å². The van der Waals surface area contributed by atoms with Gasteiger partial charge in [-0.3, -0.25) is 0 Å². The minimum absolute atomic E-state index is 0.114. The van der Waals surface area contributed by atoms with Gasteiger partial charge in [0.25, 0.3) is 0 Å². The minimum atomic E-state index is -0.294. The zero-order valence-corrected chi connectivity index (χ0v) is 7.42. The third-order valence-electron chi connectivity index (χ3n) is 1.61. The van der Waals surface area contributed by atoms with Gasteiger partial charge in [-0.25, -0.2) is 4.39 Å². The summed E-state index contributed by atoms with van der Waals surface area (Å²) >= 11 is 0. The lowest BCUT2D eigenvalue weighted by Gasteiger charge is -2.05. The first-order valence-electron chi connectivity index (χ1n) is 3.30. The molecule has 0 aliphatic carbocycles. The Balaban J connectivity index is 3.24. The molecule has 0 aliphatic heterocycles. The predicted molar refractivity (Wildman–Crippen MR) is 46.4 cm³/mol. The highest BCUT2D eigenvalue weighted by Gasteiger charge is 2.02. The number of aliphatic hydroxyl groups excluding tert-OH is 1.